The lowest BCUT2D eigenvalue weighted by Gasteiger charge is -2.15. The van der Waals surface area contributed by atoms with Gasteiger partial charge in [0, 0.05) is 18.9 Å². The quantitative estimate of drug-likeness (QED) is 0.717. The van der Waals surface area contributed by atoms with Crippen LogP contribution in [0.1, 0.15) is 20.7 Å². The molecule has 0 saturated carbocycles. The van der Waals surface area contributed by atoms with Crippen molar-refractivity contribution in [3.05, 3.63) is 76.9 Å². The smallest absolute Gasteiger partial charge is 0.262 e. The van der Waals surface area contributed by atoms with Crippen molar-refractivity contribution in [1.82, 2.24) is 4.98 Å². The first-order valence-corrected chi connectivity index (χ1v) is 8.53. The van der Waals surface area contributed by atoms with Crippen LogP contribution >= 0.6 is 11.6 Å². The summed E-state index contributed by atoms with van der Waals surface area (Å²) in [6, 6.07) is 15.1. The Hall–Kier alpha value is -3.38. The third-order valence-electron chi connectivity index (χ3n) is 4.21. The highest BCUT2D eigenvalue weighted by Crippen LogP contribution is 2.37. The van der Waals surface area contributed by atoms with Gasteiger partial charge in [-0.25, -0.2) is 4.98 Å². The van der Waals surface area contributed by atoms with Crippen molar-refractivity contribution in [2.75, 3.05) is 17.3 Å². The van der Waals surface area contributed by atoms with Crippen molar-refractivity contribution in [1.29, 1.82) is 0 Å². The third kappa shape index (κ3) is 3.11. The monoisotopic (exact) mass is 379 g/mol. The summed E-state index contributed by atoms with van der Waals surface area (Å²) >= 11 is 6.07. The van der Waals surface area contributed by atoms with Crippen molar-refractivity contribution in [2.45, 2.75) is 0 Å². The third-order valence-corrected chi connectivity index (χ3v) is 4.54. The van der Waals surface area contributed by atoms with Gasteiger partial charge in [-0.15, -0.1) is 0 Å². The molecule has 27 heavy (non-hydrogen) atoms. The number of carbonyl (C=O) groups excluding carboxylic acids is 2. The zero-order valence-electron chi connectivity index (χ0n) is 14.3. The molecule has 4 rings (SSSR count). The maximum Gasteiger partial charge on any atom is 0.262 e. The van der Waals surface area contributed by atoms with Gasteiger partial charge in [0.1, 0.15) is 11.4 Å². The Labute approximate surface area is 160 Å². The summed E-state index contributed by atoms with van der Waals surface area (Å²) in [5, 5.41) is 3.11. The van der Waals surface area contributed by atoms with Crippen LogP contribution in [0.4, 0.5) is 11.4 Å². The molecule has 6 nitrogen and oxygen atoms in total. The summed E-state index contributed by atoms with van der Waals surface area (Å²) in [7, 11) is 1.65. The fraction of sp³-hybridized carbons (Fsp3) is 0.0500. The van der Waals surface area contributed by atoms with Gasteiger partial charge < -0.3 is 15.0 Å². The number of nitrogens with one attached hydrogen (secondary N) is 1. The maximum atomic E-state index is 12.8. The Balaban J connectivity index is 1.67. The van der Waals surface area contributed by atoms with Crippen LogP contribution in [0.2, 0.25) is 5.02 Å². The van der Waals surface area contributed by atoms with Gasteiger partial charge in [0.25, 0.3) is 11.8 Å². The number of aromatic nitrogens is 1. The zero-order chi connectivity index (χ0) is 19.0. The van der Waals surface area contributed by atoms with E-state index in [0.717, 1.165) is 0 Å². The van der Waals surface area contributed by atoms with Crippen LogP contribution in [0, 0.1) is 0 Å². The van der Waals surface area contributed by atoms with Gasteiger partial charge in [0.15, 0.2) is 0 Å². The Kier molecular flexibility index (Phi) is 4.25. The first-order chi connectivity index (χ1) is 13.0. The molecule has 0 radical (unpaired) electrons. The predicted molar refractivity (Wildman–Crippen MR) is 103 cm³/mol. The second-order valence-corrected chi connectivity index (χ2v) is 6.35. The number of carbonyl (C=O) groups is 2. The van der Waals surface area contributed by atoms with Crippen molar-refractivity contribution in [2.24, 2.45) is 0 Å². The molecule has 0 fully saturated rings. The lowest BCUT2D eigenvalue weighted by molar-refractivity contribution is 0.0990. The molecule has 0 aliphatic carbocycles. The lowest BCUT2D eigenvalue weighted by Crippen LogP contribution is -2.25. The highest BCUT2D eigenvalue weighted by Gasteiger charge is 2.26. The van der Waals surface area contributed by atoms with E-state index < -0.39 is 0 Å². The number of hydrogen-bond donors (Lipinski definition) is 1. The number of pyridine rings is 1. The molecule has 3 aromatic rings. The summed E-state index contributed by atoms with van der Waals surface area (Å²) in [6.45, 7) is 0. The number of nitrogens with zero attached hydrogens (tertiary/aromatic N) is 2. The van der Waals surface area contributed by atoms with Crippen LogP contribution < -0.4 is 15.0 Å². The minimum atomic E-state index is -0.360. The fourth-order valence-electron chi connectivity index (χ4n) is 2.82. The first kappa shape index (κ1) is 17.1. The molecule has 2 aromatic carbocycles. The van der Waals surface area contributed by atoms with Crippen LogP contribution in [-0.4, -0.2) is 23.8 Å². The van der Waals surface area contributed by atoms with E-state index in [-0.39, 0.29) is 11.8 Å². The standard InChI is InChI=1S/C20H14ClN3O3/c1-24-16-7-4-10-22-19(16)27-17-9-8-12(11-14(17)20(24)26)23-18(25)13-5-2-3-6-15(13)21/h2-11H,1H3,(H,23,25). The summed E-state index contributed by atoms with van der Waals surface area (Å²) in [5.74, 6) is 0.103. The topological polar surface area (TPSA) is 71.5 Å². The fourth-order valence-corrected chi connectivity index (χ4v) is 3.04. The molecule has 0 atom stereocenters. The molecule has 1 aromatic heterocycles. The van der Waals surface area contributed by atoms with Gasteiger partial charge in [-0.2, -0.15) is 0 Å². The number of ether oxygens (including phenoxy) is 1. The van der Waals surface area contributed by atoms with Gasteiger partial charge in [-0.1, -0.05) is 23.7 Å². The molecule has 0 saturated heterocycles. The summed E-state index contributed by atoms with van der Waals surface area (Å²) in [4.78, 5) is 31.0. The summed E-state index contributed by atoms with van der Waals surface area (Å²) in [6.07, 6.45) is 1.60. The van der Waals surface area contributed by atoms with Gasteiger partial charge in [0.05, 0.1) is 16.1 Å². The Morgan fingerprint density at radius 3 is 2.78 bits per heavy atom. The molecule has 1 N–H and O–H groups in total. The second-order valence-electron chi connectivity index (χ2n) is 5.94. The predicted octanol–water partition coefficient (Wildman–Crippen LogP) is 4.37. The van der Waals surface area contributed by atoms with Crippen LogP contribution in [-0.2, 0) is 0 Å². The highest BCUT2D eigenvalue weighted by molar-refractivity contribution is 6.34. The van der Waals surface area contributed by atoms with Crippen molar-refractivity contribution in [3.8, 4) is 11.6 Å². The maximum absolute atomic E-state index is 12.8. The van der Waals surface area contributed by atoms with Gasteiger partial charge in [-0.3, -0.25) is 9.59 Å². The molecule has 7 heteroatoms. The summed E-state index contributed by atoms with van der Waals surface area (Å²) < 4.78 is 5.80. The average Bonchev–Trinajstić information content (AvgIpc) is 2.78. The Bertz CT molecular complexity index is 1070. The van der Waals surface area contributed by atoms with Gasteiger partial charge in [0.2, 0.25) is 5.88 Å². The number of hydrogen-bond acceptors (Lipinski definition) is 4. The molecule has 0 unspecified atom stereocenters. The highest BCUT2D eigenvalue weighted by atomic mass is 35.5. The number of fused-ring (bicyclic) bond motifs is 2. The van der Waals surface area contributed by atoms with E-state index in [2.05, 4.69) is 10.3 Å². The average molecular weight is 380 g/mol. The number of benzene rings is 2. The number of halogens is 1. The molecule has 2 amide bonds. The van der Waals surface area contributed by atoms with Crippen LogP contribution in [0.5, 0.6) is 11.6 Å². The molecule has 1 aliphatic heterocycles. The SMILES string of the molecule is CN1C(=O)c2cc(NC(=O)c3ccccc3Cl)ccc2Oc2ncccc21. The van der Waals surface area contributed by atoms with E-state index in [4.69, 9.17) is 16.3 Å². The van der Waals surface area contributed by atoms with Gasteiger partial charge in [-0.05, 0) is 42.5 Å². The Morgan fingerprint density at radius 1 is 1.15 bits per heavy atom. The van der Waals surface area contributed by atoms with Crippen LogP contribution in [0.25, 0.3) is 0 Å². The van der Waals surface area contributed by atoms with Crippen LogP contribution in [0.15, 0.2) is 60.8 Å². The first-order valence-electron chi connectivity index (χ1n) is 8.15. The van der Waals surface area contributed by atoms with Crippen molar-refractivity contribution in [3.63, 3.8) is 0 Å². The molecule has 0 bridgehead atoms. The molecule has 134 valence electrons. The van der Waals surface area contributed by atoms with E-state index in [1.165, 1.54) is 4.90 Å². The second kappa shape index (κ2) is 6.74. The largest absolute Gasteiger partial charge is 0.436 e. The van der Waals surface area contributed by atoms with Gasteiger partial charge >= 0.3 is 0 Å². The molecule has 2 heterocycles. The van der Waals surface area contributed by atoms with Crippen molar-refractivity contribution >= 4 is 34.8 Å². The molecular weight excluding hydrogens is 366 g/mol. The minimum absolute atomic E-state index is 0.259. The van der Waals surface area contributed by atoms with E-state index in [1.54, 1.807) is 67.8 Å². The van der Waals surface area contributed by atoms with E-state index >= 15 is 0 Å². The summed E-state index contributed by atoms with van der Waals surface area (Å²) in [5.41, 5.74) is 1.71. The van der Waals surface area contributed by atoms with E-state index in [9.17, 15) is 9.59 Å². The van der Waals surface area contributed by atoms with Crippen LogP contribution in [0.3, 0.4) is 0 Å². The number of amides is 2. The normalized spacial score (nSPS) is 12.5. The number of rotatable bonds is 2. The Morgan fingerprint density at radius 2 is 1.96 bits per heavy atom. The zero-order valence-corrected chi connectivity index (χ0v) is 15.0. The number of anilines is 2. The van der Waals surface area contributed by atoms with E-state index in [0.29, 0.717) is 39.2 Å². The molecule has 1 aliphatic rings. The molecule has 0 spiro atoms. The molecular formula is C20H14ClN3O3. The minimum Gasteiger partial charge on any atom is -0.436 e. The van der Waals surface area contributed by atoms with Crippen molar-refractivity contribution < 1.29 is 14.3 Å². The lowest BCUT2D eigenvalue weighted by atomic mass is 10.1. The van der Waals surface area contributed by atoms with E-state index in [1.807, 2.05) is 0 Å².